The van der Waals surface area contributed by atoms with Crippen LogP contribution in [0.4, 0.5) is 0 Å². The Morgan fingerprint density at radius 3 is 1.96 bits per heavy atom. The molecule has 0 aliphatic rings. The molecule has 0 saturated heterocycles. The van der Waals surface area contributed by atoms with Crippen molar-refractivity contribution in [1.29, 1.82) is 0 Å². The normalized spacial score (nSPS) is 11.1. The van der Waals surface area contributed by atoms with Crippen molar-refractivity contribution in [3.63, 3.8) is 0 Å². The molecule has 4 aromatic carbocycles. The van der Waals surface area contributed by atoms with Crippen molar-refractivity contribution >= 4 is 17.8 Å². The Balaban J connectivity index is 1.42. The lowest BCUT2D eigenvalue weighted by Gasteiger charge is -2.14. The number of rotatable bonds is 7. The molecule has 0 aliphatic carbocycles. The summed E-state index contributed by atoms with van der Waals surface area (Å²) in [6.45, 7) is 12.1. The van der Waals surface area contributed by atoms with Crippen LogP contribution < -0.4 is 0 Å². The van der Waals surface area contributed by atoms with Crippen LogP contribution in [0, 0.1) is 13.8 Å². The van der Waals surface area contributed by atoms with Gasteiger partial charge in [-0.15, -0.1) is 0 Å². The molecule has 0 unspecified atom stereocenters. The molecule has 0 N–H and O–H groups in total. The van der Waals surface area contributed by atoms with Crippen molar-refractivity contribution in [3.05, 3.63) is 163 Å². The summed E-state index contributed by atoms with van der Waals surface area (Å²) in [6, 6.07) is 42.9. The zero-order chi connectivity index (χ0) is 30.9. The van der Waals surface area contributed by atoms with Crippen molar-refractivity contribution in [2.45, 2.75) is 13.8 Å². The van der Waals surface area contributed by atoms with Crippen LogP contribution in [-0.2, 0) is 0 Å². The van der Waals surface area contributed by atoms with E-state index in [0.29, 0.717) is 0 Å². The van der Waals surface area contributed by atoms with E-state index in [4.69, 9.17) is 9.97 Å². The van der Waals surface area contributed by atoms with Crippen molar-refractivity contribution in [1.82, 2.24) is 14.4 Å². The number of benzene rings is 4. The quantitative estimate of drug-likeness (QED) is 0.188. The third-order valence-electron chi connectivity index (χ3n) is 8.38. The maximum Gasteiger partial charge on any atom is 0.137 e. The number of hydrogen-bond acceptors (Lipinski definition) is 2. The van der Waals surface area contributed by atoms with Crippen molar-refractivity contribution in [2.24, 2.45) is 0 Å². The standard InChI is InChI=1S/C42H33N3/c1-5-30-19-20-34(23-31(30)6-2)37-25-36(26-38(27-37)39-21-18-28(3)43-29(39)4)33-15-12-16-35(24-33)41-42(32-13-8-7-9-14-32)45-22-11-10-17-40(45)44-41/h5-27H,1-2H2,3-4H3. The van der Waals surface area contributed by atoms with Crippen molar-refractivity contribution in [3.8, 4) is 55.9 Å². The first-order chi connectivity index (χ1) is 22.0. The highest BCUT2D eigenvalue weighted by molar-refractivity contribution is 5.87. The van der Waals surface area contributed by atoms with E-state index in [1.54, 1.807) is 0 Å². The molecule has 0 bridgehead atoms. The van der Waals surface area contributed by atoms with Crippen LogP contribution in [-0.4, -0.2) is 14.4 Å². The summed E-state index contributed by atoms with van der Waals surface area (Å²) in [5, 5.41) is 0. The molecule has 3 aromatic heterocycles. The summed E-state index contributed by atoms with van der Waals surface area (Å²) in [7, 11) is 0. The molecule has 0 amide bonds. The van der Waals surface area contributed by atoms with E-state index in [2.05, 4.69) is 140 Å². The Hall–Kier alpha value is -5.80. The van der Waals surface area contributed by atoms with Gasteiger partial charge < -0.3 is 0 Å². The van der Waals surface area contributed by atoms with Gasteiger partial charge in [0.15, 0.2) is 0 Å². The molecule has 216 valence electrons. The van der Waals surface area contributed by atoms with Gasteiger partial charge in [0.25, 0.3) is 0 Å². The van der Waals surface area contributed by atoms with Gasteiger partial charge in [0.1, 0.15) is 5.65 Å². The predicted molar refractivity (Wildman–Crippen MR) is 190 cm³/mol. The fraction of sp³-hybridized carbons (Fsp3) is 0.0476. The Kier molecular flexibility index (Phi) is 7.28. The summed E-state index contributed by atoms with van der Waals surface area (Å²) in [4.78, 5) is 9.90. The highest BCUT2D eigenvalue weighted by atomic mass is 15.0. The zero-order valence-electron chi connectivity index (χ0n) is 25.5. The second-order valence-electron chi connectivity index (χ2n) is 11.3. The summed E-state index contributed by atoms with van der Waals surface area (Å²) in [5.41, 5.74) is 16.1. The van der Waals surface area contributed by atoms with Crippen LogP contribution >= 0.6 is 0 Å². The minimum absolute atomic E-state index is 0.921. The minimum atomic E-state index is 0.921. The number of pyridine rings is 2. The average molecular weight is 580 g/mol. The SMILES string of the molecule is C=Cc1ccc(-c2cc(-c3cccc(-c4nc5ccccn5c4-c4ccccc4)c3)cc(-c3ccc(C)nc3C)c2)cc1C=C. The van der Waals surface area contributed by atoms with Gasteiger partial charge in [-0.3, -0.25) is 9.38 Å². The van der Waals surface area contributed by atoms with Gasteiger partial charge in [0.05, 0.1) is 11.4 Å². The van der Waals surface area contributed by atoms with Crippen LogP contribution in [0.1, 0.15) is 22.5 Å². The Bertz CT molecular complexity index is 2220. The molecular formula is C42H33N3. The lowest BCUT2D eigenvalue weighted by molar-refractivity contribution is 1.13. The van der Waals surface area contributed by atoms with E-state index in [1.807, 2.05) is 31.2 Å². The van der Waals surface area contributed by atoms with Gasteiger partial charge in [-0.25, -0.2) is 4.98 Å². The zero-order valence-corrected chi connectivity index (χ0v) is 25.5. The van der Waals surface area contributed by atoms with E-state index in [9.17, 15) is 0 Å². The summed E-state index contributed by atoms with van der Waals surface area (Å²) in [5.74, 6) is 0. The van der Waals surface area contributed by atoms with E-state index >= 15 is 0 Å². The summed E-state index contributed by atoms with van der Waals surface area (Å²) in [6.07, 6.45) is 5.85. The molecule has 0 spiro atoms. The minimum Gasteiger partial charge on any atom is -0.299 e. The number of imidazole rings is 1. The molecular weight excluding hydrogens is 546 g/mol. The summed E-state index contributed by atoms with van der Waals surface area (Å²) >= 11 is 0. The number of hydrogen-bond donors (Lipinski definition) is 0. The molecule has 7 rings (SSSR count). The molecule has 0 saturated carbocycles. The van der Waals surface area contributed by atoms with Gasteiger partial charge in [-0.2, -0.15) is 0 Å². The second-order valence-corrected chi connectivity index (χ2v) is 11.3. The van der Waals surface area contributed by atoms with Gasteiger partial charge >= 0.3 is 0 Å². The van der Waals surface area contributed by atoms with Gasteiger partial charge in [0.2, 0.25) is 0 Å². The lowest BCUT2D eigenvalue weighted by atomic mass is 9.91. The first-order valence-corrected chi connectivity index (χ1v) is 15.1. The van der Waals surface area contributed by atoms with Crippen molar-refractivity contribution < 1.29 is 0 Å². The highest BCUT2D eigenvalue weighted by Gasteiger charge is 2.17. The van der Waals surface area contributed by atoms with Crippen LogP contribution in [0.5, 0.6) is 0 Å². The Morgan fingerprint density at radius 2 is 1.20 bits per heavy atom. The number of nitrogens with zero attached hydrogens (tertiary/aromatic N) is 3. The van der Waals surface area contributed by atoms with E-state index < -0.39 is 0 Å². The molecule has 0 atom stereocenters. The second kappa shape index (κ2) is 11.7. The van der Waals surface area contributed by atoms with Crippen LogP contribution in [0.2, 0.25) is 0 Å². The maximum atomic E-state index is 5.12. The van der Waals surface area contributed by atoms with E-state index in [0.717, 1.165) is 84.1 Å². The fourth-order valence-corrected chi connectivity index (χ4v) is 6.14. The molecule has 45 heavy (non-hydrogen) atoms. The lowest BCUT2D eigenvalue weighted by Crippen LogP contribution is -1.93. The predicted octanol–water partition coefficient (Wildman–Crippen LogP) is 11.0. The largest absolute Gasteiger partial charge is 0.299 e. The van der Waals surface area contributed by atoms with Gasteiger partial charge in [-0.1, -0.05) is 98.1 Å². The first-order valence-electron chi connectivity index (χ1n) is 15.1. The Labute approximate surface area is 264 Å². The molecule has 3 nitrogen and oxygen atoms in total. The summed E-state index contributed by atoms with van der Waals surface area (Å²) < 4.78 is 2.17. The third-order valence-corrected chi connectivity index (χ3v) is 8.38. The van der Waals surface area contributed by atoms with Crippen LogP contribution in [0.25, 0.3) is 73.7 Å². The van der Waals surface area contributed by atoms with Crippen LogP contribution in [0.15, 0.2) is 141 Å². The fourth-order valence-electron chi connectivity index (χ4n) is 6.14. The maximum absolute atomic E-state index is 5.12. The van der Waals surface area contributed by atoms with Gasteiger partial charge in [0, 0.05) is 34.3 Å². The Morgan fingerprint density at radius 1 is 0.533 bits per heavy atom. The first kappa shape index (κ1) is 28.0. The molecule has 0 fully saturated rings. The third kappa shape index (κ3) is 5.30. The molecule has 0 radical (unpaired) electrons. The molecule has 3 heteroatoms. The van der Waals surface area contributed by atoms with Crippen molar-refractivity contribution in [2.75, 3.05) is 0 Å². The van der Waals surface area contributed by atoms with Gasteiger partial charge in [-0.05, 0) is 101 Å². The monoisotopic (exact) mass is 579 g/mol. The molecule has 7 aromatic rings. The topological polar surface area (TPSA) is 30.2 Å². The average Bonchev–Trinajstić information content (AvgIpc) is 3.48. The highest BCUT2D eigenvalue weighted by Crippen LogP contribution is 2.38. The van der Waals surface area contributed by atoms with E-state index in [1.165, 1.54) is 0 Å². The van der Waals surface area contributed by atoms with Crippen LogP contribution in [0.3, 0.4) is 0 Å². The smallest absolute Gasteiger partial charge is 0.137 e. The molecule has 3 heterocycles. The number of fused-ring (bicyclic) bond motifs is 1. The number of aryl methyl sites for hydroxylation is 2. The number of aromatic nitrogens is 3. The molecule has 0 aliphatic heterocycles. The van der Waals surface area contributed by atoms with E-state index in [-0.39, 0.29) is 0 Å².